The lowest BCUT2D eigenvalue weighted by atomic mass is 9.87. The first-order valence-corrected chi connectivity index (χ1v) is 9.19. The van der Waals surface area contributed by atoms with Crippen molar-refractivity contribution in [1.29, 1.82) is 0 Å². The first-order valence-electron chi connectivity index (χ1n) is 9.19. The average molecular weight is 507 g/mol. The number of hydrogen-bond donors (Lipinski definition) is 1. The van der Waals surface area contributed by atoms with E-state index >= 15 is 0 Å². The molecule has 3 rings (SSSR count). The van der Waals surface area contributed by atoms with E-state index in [4.69, 9.17) is 4.74 Å². The Labute approximate surface area is 180 Å². The molecule has 0 bridgehead atoms. The number of hydrogen-bond acceptors (Lipinski definition) is 2. The lowest BCUT2D eigenvalue weighted by Crippen LogP contribution is -2.41. The molecule has 1 spiro atoms. The molecule has 0 saturated carbocycles. The van der Waals surface area contributed by atoms with Gasteiger partial charge in [-0.05, 0) is 38.0 Å². The summed E-state index contributed by atoms with van der Waals surface area (Å²) in [6, 6.07) is 5.05. The van der Waals surface area contributed by atoms with E-state index in [1.165, 1.54) is 6.07 Å². The summed E-state index contributed by atoms with van der Waals surface area (Å²) in [6.07, 6.45) is -2.19. The van der Waals surface area contributed by atoms with E-state index in [9.17, 15) is 13.2 Å². The molecule has 1 aromatic rings. The Balaban J connectivity index is 0.00000280. The lowest BCUT2D eigenvalue weighted by Gasteiger charge is -2.24. The summed E-state index contributed by atoms with van der Waals surface area (Å²) in [5.41, 5.74) is -0.111. The number of ether oxygens (including phenoxy) is 1. The van der Waals surface area contributed by atoms with Crippen LogP contribution in [0.15, 0.2) is 29.3 Å². The van der Waals surface area contributed by atoms with Gasteiger partial charge in [0.1, 0.15) is 6.54 Å². The average Bonchev–Trinajstić information content (AvgIpc) is 3.27. The van der Waals surface area contributed by atoms with E-state index in [0.29, 0.717) is 5.56 Å². The lowest BCUT2D eigenvalue weighted by molar-refractivity contribution is -0.137. The normalized spacial score (nSPS) is 22.0. The van der Waals surface area contributed by atoms with Crippen molar-refractivity contribution in [3.05, 3.63) is 35.4 Å². The van der Waals surface area contributed by atoms with Gasteiger partial charge in [0.15, 0.2) is 5.96 Å². The number of guanidine groups is 1. The summed E-state index contributed by atoms with van der Waals surface area (Å²) < 4.78 is 43.8. The van der Waals surface area contributed by atoms with E-state index in [-0.39, 0.29) is 35.9 Å². The highest BCUT2D eigenvalue weighted by Crippen LogP contribution is 2.38. The molecule has 2 aliphatic rings. The van der Waals surface area contributed by atoms with Gasteiger partial charge in [0.2, 0.25) is 0 Å². The van der Waals surface area contributed by atoms with Gasteiger partial charge in [-0.25, -0.2) is 4.99 Å². The molecule has 8 heteroatoms. The van der Waals surface area contributed by atoms with Gasteiger partial charge in [0.25, 0.3) is 0 Å². The van der Waals surface area contributed by atoms with E-state index in [1.807, 2.05) is 6.92 Å². The fourth-order valence-corrected chi connectivity index (χ4v) is 3.54. The summed E-state index contributed by atoms with van der Waals surface area (Å²) >= 11 is 0. The molecular formula is C20H25F3IN3O. The van der Waals surface area contributed by atoms with Gasteiger partial charge in [-0.3, -0.25) is 0 Å². The second-order valence-corrected chi connectivity index (χ2v) is 7.02. The smallest absolute Gasteiger partial charge is 0.381 e. The molecule has 4 nitrogen and oxygen atoms in total. The van der Waals surface area contributed by atoms with Crippen LogP contribution in [0.3, 0.4) is 0 Å². The molecule has 0 aromatic heterocycles. The molecule has 2 heterocycles. The van der Waals surface area contributed by atoms with Gasteiger partial charge >= 0.3 is 6.18 Å². The monoisotopic (exact) mass is 507 g/mol. The van der Waals surface area contributed by atoms with Crippen LogP contribution in [0.5, 0.6) is 0 Å². The summed E-state index contributed by atoms with van der Waals surface area (Å²) in [6.45, 7) is 6.46. The van der Waals surface area contributed by atoms with Crippen molar-refractivity contribution in [2.45, 2.75) is 25.9 Å². The van der Waals surface area contributed by atoms with Crippen molar-refractivity contribution in [2.75, 3.05) is 39.4 Å². The molecule has 0 radical (unpaired) electrons. The van der Waals surface area contributed by atoms with Crippen LogP contribution in [-0.2, 0) is 10.9 Å². The Hall–Kier alpha value is -1.47. The highest BCUT2D eigenvalue weighted by atomic mass is 127. The summed E-state index contributed by atoms with van der Waals surface area (Å²) in [5, 5.41) is 3.28. The number of halogens is 4. The fraction of sp³-hybridized carbons (Fsp3) is 0.550. The van der Waals surface area contributed by atoms with Gasteiger partial charge in [-0.1, -0.05) is 17.9 Å². The molecule has 2 fully saturated rings. The van der Waals surface area contributed by atoms with Crippen molar-refractivity contribution in [2.24, 2.45) is 10.4 Å². The molecule has 1 atom stereocenters. The predicted octanol–water partition coefficient (Wildman–Crippen LogP) is 3.75. The van der Waals surface area contributed by atoms with Crippen molar-refractivity contribution < 1.29 is 17.9 Å². The Morgan fingerprint density at radius 3 is 2.86 bits per heavy atom. The number of benzene rings is 1. The number of likely N-dealkylation sites (tertiary alicyclic amines) is 1. The third-order valence-electron chi connectivity index (χ3n) is 4.99. The molecule has 0 aliphatic carbocycles. The van der Waals surface area contributed by atoms with Crippen LogP contribution in [0.4, 0.5) is 13.2 Å². The molecule has 0 amide bonds. The third-order valence-corrected chi connectivity index (χ3v) is 4.99. The molecule has 154 valence electrons. The zero-order valence-electron chi connectivity index (χ0n) is 15.8. The standard InChI is InChI=1S/C20H24F3N3O.HI/c1-2-24-18(26-11-8-19(14-26)9-12-27-15-19)25-10-4-6-16-5-3-7-17(13-16)20(21,22)23;/h3,5,7,13H,2,8-12,14-15H2,1H3,(H,24,25);1H. The van der Waals surface area contributed by atoms with Crippen LogP contribution in [-0.4, -0.2) is 50.3 Å². The van der Waals surface area contributed by atoms with Crippen LogP contribution in [0, 0.1) is 17.3 Å². The largest absolute Gasteiger partial charge is 0.416 e. The second-order valence-electron chi connectivity index (χ2n) is 7.02. The Bertz CT molecular complexity index is 749. The SMILES string of the molecule is CCNC(=NCC#Cc1cccc(C(F)(F)F)c1)N1CCC2(CCOC2)C1.I. The van der Waals surface area contributed by atoms with Crippen LogP contribution in [0.1, 0.15) is 30.9 Å². The maximum atomic E-state index is 12.8. The molecule has 1 unspecified atom stereocenters. The number of aliphatic imine (C=N–C) groups is 1. The van der Waals surface area contributed by atoms with Gasteiger partial charge in [-0.15, -0.1) is 24.0 Å². The number of nitrogens with one attached hydrogen (secondary N) is 1. The van der Waals surface area contributed by atoms with Crippen molar-refractivity contribution >= 4 is 29.9 Å². The molecule has 2 aliphatic heterocycles. The van der Waals surface area contributed by atoms with Crippen molar-refractivity contribution in [3.8, 4) is 11.8 Å². The first-order chi connectivity index (χ1) is 12.9. The van der Waals surface area contributed by atoms with Crippen molar-refractivity contribution in [3.63, 3.8) is 0 Å². The summed E-state index contributed by atoms with van der Waals surface area (Å²) in [5.74, 6) is 6.43. The van der Waals surface area contributed by atoms with E-state index in [1.54, 1.807) is 6.07 Å². The van der Waals surface area contributed by atoms with Gasteiger partial charge in [0, 0.05) is 37.2 Å². The molecular weight excluding hydrogens is 482 g/mol. The molecule has 2 saturated heterocycles. The van der Waals surface area contributed by atoms with E-state index < -0.39 is 11.7 Å². The minimum Gasteiger partial charge on any atom is -0.381 e. The van der Waals surface area contributed by atoms with Crippen LogP contribution in [0.25, 0.3) is 0 Å². The van der Waals surface area contributed by atoms with Gasteiger partial charge in [0.05, 0.1) is 12.2 Å². The van der Waals surface area contributed by atoms with Crippen molar-refractivity contribution in [1.82, 2.24) is 10.2 Å². The zero-order valence-corrected chi connectivity index (χ0v) is 18.1. The molecule has 28 heavy (non-hydrogen) atoms. The maximum absolute atomic E-state index is 12.8. The Morgan fingerprint density at radius 2 is 2.18 bits per heavy atom. The van der Waals surface area contributed by atoms with Crippen LogP contribution >= 0.6 is 24.0 Å². The maximum Gasteiger partial charge on any atom is 0.416 e. The Morgan fingerprint density at radius 1 is 1.36 bits per heavy atom. The summed E-state index contributed by atoms with van der Waals surface area (Å²) in [4.78, 5) is 6.76. The third kappa shape index (κ3) is 5.77. The number of nitrogens with zero attached hydrogens (tertiary/aromatic N) is 2. The van der Waals surface area contributed by atoms with Gasteiger partial charge < -0.3 is 15.0 Å². The predicted molar refractivity (Wildman–Crippen MR) is 114 cm³/mol. The van der Waals surface area contributed by atoms with Crippen LogP contribution in [0.2, 0.25) is 0 Å². The fourth-order valence-electron chi connectivity index (χ4n) is 3.54. The Kier molecular flexibility index (Phi) is 8.01. The minimum atomic E-state index is -4.36. The first kappa shape index (κ1) is 22.8. The van der Waals surface area contributed by atoms with E-state index in [0.717, 1.165) is 63.8 Å². The highest BCUT2D eigenvalue weighted by Gasteiger charge is 2.42. The highest BCUT2D eigenvalue weighted by molar-refractivity contribution is 14.0. The minimum absolute atomic E-state index is 0. The summed E-state index contributed by atoms with van der Waals surface area (Å²) in [7, 11) is 0. The van der Waals surface area contributed by atoms with Gasteiger partial charge in [-0.2, -0.15) is 13.2 Å². The van der Waals surface area contributed by atoms with E-state index in [2.05, 4.69) is 27.0 Å². The second kappa shape index (κ2) is 9.83. The quantitative estimate of drug-likeness (QED) is 0.287. The number of alkyl halides is 3. The zero-order chi connectivity index (χ0) is 19.3. The molecule has 1 aromatic carbocycles. The van der Waals surface area contributed by atoms with Crippen LogP contribution < -0.4 is 5.32 Å². The topological polar surface area (TPSA) is 36.9 Å². The number of rotatable bonds is 2. The molecule has 1 N–H and O–H groups in total.